The molecule has 5 nitrogen and oxygen atoms in total. The lowest BCUT2D eigenvalue weighted by Crippen LogP contribution is -2.43. The quantitative estimate of drug-likeness (QED) is 0.350. The van der Waals surface area contributed by atoms with Crippen LogP contribution >= 0.6 is 0 Å². The molecule has 2 N–H and O–H groups in total. The van der Waals surface area contributed by atoms with E-state index in [1.54, 1.807) is 0 Å². The molecule has 114 valence electrons. The molecule has 21 heavy (non-hydrogen) atoms. The van der Waals surface area contributed by atoms with Crippen LogP contribution in [-0.2, 0) is 6.42 Å². The van der Waals surface area contributed by atoms with Gasteiger partial charge in [0, 0.05) is 16.3 Å². The van der Waals surface area contributed by atoms with E-state index >= 15 is 0 Å². The van der Waals surface area contributed by atoms with E-state index in [2.05, 4.69) is 28.3 Å². The fraction of sp³-hybridized carbons (Fsp3) is 0.562. The monoisotopic (exact) mass is 289 g/mol. The van der Waals surface area contributed by atoms with Gasteiger partial charge in [-0.25, -0.2) is 0 Å². The zero-order chi connectivity index (χ0) is 15.1. The van der Waals surface area contributed by atoms with E-state index in [-0.39, 0.29) is 5.69 Å². The topological polar surface area (TPSA) is 77.8 Å². The van der Waals surface area contributed by atoms with Crippen LogP contribution in [-0.4, -0.2) is 10.2 Å². The van der Waals surface area contributed by atoms with Crippen molar-refractivity contribution in [3.05, 3.63) is 26.5 Å². The number of nitrogens with zero attached hydrogens (tertiary/aromatic N) is 2. The van der Waals surface area contributed by atoms with Crippen LogP contribution in [0.3, 0.4) is 0 Å². The Balaban J connectivity index is 2.32. The molecule has 1 aromatic rings. The molecule has 5 heteroatoms. The molecule has 0 fully saturated rings. The number of aromatic nitrogens is 1. The summed E-state index contributed by atoms with van der Waals surface area (Å²) < 4.78 is 0. The zero-order valence-electron chi connectivity index (χ0n) is 12.6. The Bertz CT molecular complexity index is 674. The van der Waals surface area contributed by atoms with Crippen LogP contribution in [0.5, 0.6) is 0 Å². The maximum absolute atomic E-state index is 11.2. The zero-order valence-corrected chi connectivity index (χ0v) is 12.6. The smallest absolute Gasteiger partial charge is 0.156 e. The molecule has 2 rings (SSSR count). The Kier molecular flexibility index (Phi) is 5.72. The molecule has 0 saturated carbocycles. The molecule has 1 aromatic heterocycles. The van der Waals surface area contributed by atoms with Gasteiger partial charge in [0.05, 0.1) is 0 Å². The predicted molar refractivity (Wildman–Crippen MR) is 83.5 cm³/mol. The number of H-pyrrole nitrogens is 1. The Morgan fingerprint density at radius 3 is 2.67 bits per heavy atom. The molecule has 1 heterocycles. The van der Waals surface area contributed by atoms with E-state index in [1.807, 2.05) is 6.08 Å². The second-order valence-corrected chi connectivity index (χ2v) is 5.47. The number of aromatic amines is 1. The lowest BCUT2D eigenvalue weighted by atomic mass is 10.1. The molecule has 0 saturated heterocycles. The van der Waals surface area contributed by atoms with Crippen LogP contribution in [0.15, 0.2) is 10.3 Å². The number of unbranched alkanes of at least 4 members (excludes halogenated alkanes) is 4. The third kappa shape index (κ3) is 3.60. The Hall–Kier alpha value is -1.91. The predicted octanol–water partition coefficient (Wildman–Crippen LogP) is 2.57. The normalized spacial score (nSPS) is 14.2. The SMILES string of the molecule is CCCCCCCc1[nH]c2c(/c(=N\O)c1N=O)=CCCC=2. The van der Waals surface area contributed by atoms with Gasteiger partial charge in [0.1, 0.15) is 5.36 Å². The van der Waals surface area contributed by atoms with Crippen LogP contribution in [0, 0.1) is 4.91 Å². The summed E-state index contributed by atoms with van der Waals surface area (Å²) in [4.78, 5) is 14.5. The Morgan fingerprint density at radius 1 is 1.19 bits per heavy atom. The minimum atomic E-state index is 0.248. The van der Waals surface area contributed by atoms with Crippen molar-refractivity contribution in [1.29, 1.82) is 0 Å². The Morgan fingerprint density at radius 2 is 1.95 bits per heavy atom. The number of aryl methyl sites for hydroxylation is 1. The lowest BCUT2D eigenvalue weighted by molar-refractivity contribution is 0.301. The van der Waals surface area contributed by atoms with Crippen molar-refractivity contribution >= 4 is 17.8 Å². The number of nitroso groups, excluding NO2 is 1. The van der Waals surface area contributed by atoms with Crippen molar-refractivity contribution in [1.82, 2.24) is 4.98 Å². The second-order valence-electron chi connectivity index (χ2n) is 5.47. The Labute approximate surface area is 124 Å². The molecule has 0 spiro atoms. The molecule has 0 unspecified atom stereocenters. The first kappa shape index (κ1) is 15.5. The fourth-order valence-electron chi connectivity index (χ4n) is 2.80. The van der Waals surface area contributed by atoms with Crippen molar-refractivity contribution in [3.63, 3.8) is 0 Å². The highest BCUT2D eigenvalue weighted by molar-refractivity contribution is 5.46. The summed E-state index contributed by atoms with van der Waals surface area (Å²) >= 11 is 0. The maximum Gasteiger partial charge on any atom is 0.156 e. The summed E-state index contributed by atoms with van der Waals surface area (Å²) in [5.41, 5.74) is 1.03. The van der Waals surface area contributed by atoms with Crippen LogP contribution in [0.2, 0.25) is 0 Å². The number of hydrogen-bond acceptors (Lipinski definition) is 4. The third-order valence-corrected chi connectivity index (χ3v) is 3.93. The van der Waals surface area contributed by atoms with Crippen molar-refractivity contribution in [2.45, 2.75) is 58.3 Å². The van der Waals surface area contributed by atoms with Gasteiger partial charge in [-0.1, -0.05) is 49.9 Å². The summed E-state index contributed by atoms with van der Waals surface area (Å²) in [5, 5.41) is 17.7. The van der Waals surface area contributed by atoms with Gasteiger partial charge in [0.2, 0.25) is 0 Å². The van der Waals surface area contributed by atoms with E-state index in [9.17, 15) is 10.1 Å². The summed E-state index contributed by atoms with van der Waals surface area (Å²) in [6, 6.07) is 0. The van der Waals surface area contributed by atoms with Crippen LogP contribution < -0.4 is 15.9 Å². The van der Waals surface area contributed by atoms with Gasteiger partial charge in [-0.2, -0.15) is 0 Å². The summed E-state index contributed by atoms with van der Waals surface area (Å²) in [6.45, 7) is 2.19. The fourth-order valence-corrected chi connectivity index (χ4v) is 2.80. The number of fused-ring (bicyclic) bond motifs is 1. The molecule has 0 aromatic carbocycles. The molecule has 0 bridgehead atoms. The molecular weight excluding hydrogens is 266 g/mol. The van der Waals surface area contributed by atoms with Crippen molar-refractivity contribution < 1.29 is 5.21 Å². The molecule has 0 amide bonds. The van der Waals surface area contributed by atoms with E-state index in [0.717, 1.165) is 48.4 Å². The van der Waals surface area contributed by atoms with E-state index in [4.69, 9.17) is 0 Å². The minimum Gasteiger partial charge on any atom is -0.410 e. The lowest BCUT2D eigenvalue weighted by Gasteiger charge is -2.08. The number of pyridine rings is 1. The van der Waals surface area contributed by atoms with Crippen molar-refractivity contribution in [2.75, 3.05) is 0 Å². The second kappa shape index (κ2) is 7.76. The third-order valence-electron chi connectivity index (χ3n) is 3.93. The van der Waals surface area contributed by atoms with Gasteiger partial charge >= 0.3 is 0 Å². The molecule has 1 aliphatic carbocycles. The average Bonchev–Trinajstić information content (AvgIpc) is 2.53. The molecule has 1 aliphatic rings. The molecular formula is C16H23N3O2. The van der Waals surface area contributed by atoms with Gasteiger partial charge in [0.25, 0.3) is 0 Å². The average molecular weight is 289 g/mol. The summed E-state index contributed by atoms with van der Waals surface area (Å²) in [6.07, 6.45) is 12.5. The first-order chi connectivity index (χ1) is 10.3. The first-order valence-electron chi connectivity index (χ1n) is 7.78. The highest BCUT2D eigenvalue weighted by atomic mass is 16.4. The van der Waals surface area contributed by atoms with Crippen LogP contribution in [0.4, 0.5) is 5.69 Å². The first-order valence-corrected chi connectivity index (χ1v) is 7.78. The van der Waals surface area contributed by atoms with Gasteiger partial charge in [0.15, 0.2) is 5.69 Å². The van der Waals surface area contributed by atoms with Gasteiger partial charge in [-0.3, -0.25) is 0 Å². The van der Waals surface area contributed by atoms with E-state index in [0.29, 0.717) is 5.36 Å². The number of nitrogens with one attached hydrogen (secondary N) is 1. The summed E-state index contributed by atoms with van der Waals surface area (Å²) in [7, 11) is 0. The van der Waals surface area contributed by atoms with E-state index in [1.165, 1.54) is 19.3 Å². The maximum atomic E-state index is 11.2. The van der Waals surface area contributed by atoms with Crippen LogP contribution in [0.25, 0.3) is 12.2 Å². The highest BCUT2D eigenvalue weighted by Gasteiger charge is 2.11. The molecule has 0 aliphatic heterocycles. The van der Waals surface area contributed by atoms with Crippen molar-refractivity contribution in [2.24, 2.45) is 10.3 Å². The molecule has 0 radical (unpaired) electrons. The van der Waals surface area contributed by atoms with Gasteiger partial charge < -0.3 is 10.2 Å². The number of rotatable bonds is 7. The summed E-state index contributed by atoms with van der Waals surface area (Å²) in [5.74, 6) is 0. The van der Waals surface area contributed by atoms with Crippen molar-refractivity contribution in [3.8, 4) is 0 Å². The number of hydrogen-bond donors (Lipinski definition) is 2. The van der Waals surface area contributed by atoms with E-state index < -0.39 is 0 Å². The van der Waals surface area contributed by atoms with Gasteiger partial charge in [-0.05, 0) is 30.9 Å². The highest BCUT2D eigenvalue weighted by Crippen LogP contribution is 2.13. The molecule has 0 atom stereocenters. The minimum absolute atomic E-state index is 0.248. The standard InChI is InChI=1S/C16H23N3O2/c1-2-3-4-5-6-11-14-16(19-21)15(18-20)12-9-7-8-10-13(12)17-14/h9-10,17,20H,2-8,11H2,1H3/b18-15+. The largest absolute Gasteiger partial charge is 0.410 e. The van der Waals surface area contributed by atoms with Crippen LogP contribution in [0.1, 0.15) is 57.6 Å². The van der Waals surface area contributed by atoms with Gasteiger partial charge in [-0.15, -0.1) is 4.91 Å².